The number of carbonyl (C=O) groups is 1. The molecular weight excluding hydrogens is 336 g/mol. The molecule has 5 nitrogen and oxygen atoms in total. The summed E-state index contributed by atoms with van der Waals surface area (Å²) in [4.78, 5) is 18.0. The zero-order valence-corrected chi connectivity index (χ0v) is 16.5. The Hall–Kier alpha value is -2.30. The molecule has 1 aliphatic heterocycles. The number of rotatable bonds is 7. The van der Waals surface area contributed by atoms with Crippen LogP contribution in [0.3, 0.4) is 0 Å². The molecule has 1 aromatic carbocycles. The van der Waals surface area contributed by atoms with E-state index in [1.165, 1.54) is 36.8 Å². The van der Waals surface area contributed by atoms with Crippen LogP contribution >= 0.6 is 0 Å². The van der Waals surface area contributed by atoms with E-state index in [0.717, 1.165) is 45.0 Å². The quantitative estimate of drug-likeness (QED) is 0.441. The van der Waals surface area contributed by atoms with Crippen molar-refractivity contribution in [2.75, 3.05) is 20.1 Å². The molecule has 0 radical (unpaired) electrons. The van der Waals surface area contributed by atoms with Crippen molar-refractivity contribution in [1.29, 1.82) is 0 Å². The van der Waals surface area contributed by atoms with Gasteiger partial charge in [-0.25, -0.2) is 0 Å². The molecule has 3 rings (SSSR count). The lowest BCUT2D eigenvalue weighted by molar-refractivity contribution is -0.128. The van der Waals surface area contributed by atoms with Crippen LogP contribution in [0.5, 0.6) is 0 Å². The maximum Gasteiger partial charge on any atom is 0.222 e. The minimum absolute atomic E-state index is 0.277. The Balaban J connectivity index is 1.40. The number of guanidine groups is 1. The van der Waals surface area contributed by atoms with Gasteiger partial charge in [0.2, 0.25) is 5.91 Å². The molecule has 0 bridgehead atoms. The van der Waals surface area contributed by atoms with Crippen molar-refractivity contribution < 1.29 is 4.79 Å². The van der Waals surface area contributed by atoms with Crippen molar-refractivity contribution in [2.45, 2.75) is 58.0 Å². The molecule has 1 saturated heterocycles. The molecular formula is C22H32N4O. The van der Waals surface area contributed by atoms with Gasteiger partial charge in [-0.2, -0.15) is 0 Å². The molecule has 0 unspecified atom stereocenters. The zero-order valence-electron chi connectivity index (χ0n) is 16.5. The minimum atomic E-state index is 0.277. The van der Waals surface area contributed by atoms with Gasteiger partial charge in [0.25, 0.3) is 0 Å². The third-order valence-electron chi connectivity index (χ3n) is 5.37. The number of hydrogen-bond acceptors (Lipinski definition) is 2. The van der Waals surface area contributed by atoms with Crippen LogP contribution in [0.15, 0.2) is 40.9 Å². The van der Waals surface area contributed by atoms with Crippen molar-refractivity contribution in [1.82, 2.24) is 15.5 Å². The Kier molecular flexibility index (Phi) is 7.31. The number of likely N-dealkylation sites (tertiary alicyclic amines) is 1. The molecule has 2 N–H and O–H groups in total. The van der Waals surface area contributed by atoms with Crippen LogP contribution in [0, 0.1) is 0 Å². The lowest BCUT2D eigenvalue weighted by Gasteiger charge is -2.16. The molecule has 0 saturated carbocycles. The summed E-state index contributed by atoms with van der Waals surface area (Å²) in [5.74, 6) is 1.12. The largest absolute Gasteiger partial charge is 0.356 e. The highest BCUT2D eigenvalue weighted by Crippen LogP contribution is 2.19. The molecule has 2 aliphatic rings. The van der Waals surface area contributed by atoms with Gasteiger partial charge < -0.3 is 15.5 Å². The van der Waals surface area contributed by atoms with E-state index in [9.17, 15) is 4.79 Å². The van der Waals surface area contributed by atoms with Gasteiger partial charge in [-0.1, -0.05) is 35.9 Å². The lowest BCUT2D eigenvalue weighted by Crippen LogP contribution is -2.37. The van der Waals surface area contributed by atoms with Crippen LogP contribution < -0.4 is 10.6 Å². The fourth-order valence-electron chi connectivity index (χ4n) is 3.73. The first-order chi connectivity index (χ1) is 13.2. The van der Waals surface area contributed by atoms with E-state index in [1.54, 1.807) is 5.57 Å². The summed E-state index contributed by atoms with van der Waals surface area (Å²) in [7, 11) is 1.81. The fourth-order valence-corrected chi connectivity index (χ4v) is 3.73. The summed E-state index contributed by atoms with van der Waals surface area (Å²) in [6, 6.07) is 8.49. The van der Waals surface area contributed by atoms with Gasteiger partial charge in [0.15, 0.2) is 5.96 Å². The van der Waals surface area contributed by atoms with Crippen molar-refractivity contribution in [2.24, 2.45) is 4.99 Å². The highest BCUT2D eigenvalue weighted by Gasteiger charge is 2.19. The molecule has 0 aromatic heterocycles. The number of amides is 1. The Labute approximate surface area is 162 Å². The third-order valence-corrected chi connectivity index (χ3v) is 5.37. The van der Waals surface area contributed by atoms with Gasteiger partial charge in [-0.05, 0) is 49.7 Å². The summed E-state index contributed by atoms with van der Waals surface area (Å²) >= 11 is 0. The van der Waals surface area contributed by atoms with Crippen LogP contribution in [0.2, 0.25) is 0 Å². The third kappa shape index (κ3) is 6.12. The average Bonchev–Trinajstić information content (AvgIpc) is 3.11. The van der Waals surface area contributed by atoms with Crippen LogP contribution in [-0.4, -0.2) is 36.9 Å². The molecule has 5 heteroatoms. The number of allylic oxidation sites excluding steroid dienone is 1. The van der Waals surface area contributed by atoms with Crippen LogP contribution in [0.4, 0.5) is 0 Å². The Morgan fingerprint density at radius 3 is 2.56 bits per heavy atom. The van der Waals surface area contributed by atoms with Crippen molar-refractivity contribution in [3.63, 3.8) is 0 Å². The predicted molar refractivity (Wildman–Crippen MR) is 110 cm³/mol. The van der Waals surface area contributed by atoms with E-state index in [2.05, 4.69) is 46.0 Å². The van der Waals surface area contributed by atoms with Crippen LogP contribution in [0.25, 0.3) is 0 Å². The molecule has 27 heavy (non-hydrogen) atoms. The van der Waals surface area contributed by atoms with Gasteiger partial charge in [-0.15, -0.1) is 0 Å². The van der Waals surface area contributed by atoms with E-state index in [1.807, 2.05) is 11.9 Å². The second kappa shape index (κ2) is 10.1. The van der Waals surface area contributed by atoms with Crippen LogP contribution in [-0.2, 0) is 17.9 Å². The molecule has 1 aromatic rings. The summed E-state index contributed by atoms with van der Waals surface area (Å²) in [5.41, 5.74) is 3.98. The number of aliphatic imine (C=N–C) groups is 1. The first kappa shape index (κ1) is 19.5. The molecule has 1 fully saturated rings. The molecule has 0 spiro atoms. The first-order valence-corrected chi connectivity index (χ1v) is 10.2. The SMILES string of the molecule is CN=C(NCCC1=CCCCC1)NCc1ccc(CN2CCCC2=O)cc1. The van der Waals surface area contributed by atoms with E-state index in [-0.39, 0.29) is 5.91 Å². The van der Waals surface area contributed by atoms with Gasteiger partial charge >= 0.3 is 0 Å². The molecule has 1 amide bonds. The predicted octanol–water partition coefficient (Wildman–Crippen LogP) is 3.36. The summed E-state index contributed by atoms with van der Waals surface area (Å²) in [5, 5.41) is 6.78. The van der Waals surface area contributed by atoms with E-state index in [4.69, 9.17) is 0 Å². The molecule has 1 heterocycles. The van der Waals surface area contributed by atoms with Gasteiger partial charge in [0.05, 0.1) is 0 Å². The minimum Gasteiger partial charge on any atom is -0.356 e. The molecule has 0 atom stereocenters. The van der Waals surface area contributed by atoms with Gasteiger partial charge in [0.1, 0.15) is 0 Å². The lowest BCUT2D eigenvalue weighted by atomic mass is 9.97. The number of hydrogen-bond donors (Lipinski definition) is 2. The highest BCUT2D eigenvalue weighted by atomic mass is 16.2. The van der Waals surface area contributed by atoms with Crippen molar-refractivity contribution >= 4 is 11.9 Å². The fraction of sp³-hybridized carbons (Fsp3) is 0.545. The molecule has 1 aliphatic carbocycles. The standard InChI is InChI=1S/C22H32N4O/c1-23-22(24-14-13-18-6-3-2-4-7-18)25-16-19-9-11-20(12-10-19)17-26-15-5-8-21(26)27/h6,9-12H,2-5,7-8,13-17H2,1H3,(H2,23,24,25). The smallest absolute Gasteiger partial charge is 0.222 e. The second-order valence-corrected chi connectivity index (χ2v) is 7.45. The number of nitrogens with zero attached hydrogens (tertiary/aromatic N) is 2. The number of carbonyl (C=O) groups excluding carboxylic acids is 1. The first-order valence-electron chi connectivity index (χ1n) is 10.2. The van der Waals surface area contributed by atoms with Crippen LogP contribution in [0.1, 0.15) is 56.1 Å². The van der Waals surface area contributed by atoms with E-state index in [0.29, 0.717) is 6.42 Å². The van der Waals surface area contributed by atoms with E-state index >= 15 is 0 Å². The monoisotopic (exact) mass is 368 g/mol. The number of nitrogens with one attached hydrogen (secondary N) is 2. The van der Waals surface area contributed by atoms with Gasteiger partial charge in [-0.3, -0.25) is 9.79 Å². The highest BCUT2D eigenvalue weighted by molar-refractivity contribution is 5.79. The Morgan fingerprint density at radius 1 is 1.07 bits per heavy atom. The summed E-state index contributed by atoms with van der Waals surface area (Å²) < 4.78 is 0. The van der Waals surface area contributed by atoms with E-state index < -0.39 is 0 Å². The summed E-state index contributed by atoms with van der Waals surface area (Å²) in [6.07, 6.45) is 10.4. The Bertz CT molecular complexity index is 678. The average molecular weight is 369 g/mol. The normalized spacial score (nSPS) is 17.8. The topological polar surface area (TPSA) is 56.7 Å². The van der Waals surface area contributed by atoms with Gasteiger partial charge in [0, 0.05) is 39.6 Å². The van der Waals surface area contributed by atoms with Crippen molar-refractivity contribution in [3.05, 3.63) is 47.0 Å². The maximum atomic E-state index is 11.7. The Morgan fingerprint density at radius 2 is 1.89 bits per heavy atom. The summed E-state index contributed by atoms with van der Waals surface area (Å²) in [6.45, 7) is 3.28. The molecule has 146 valence electrons. The second-order valence-electron chi connectivity index (χ2n) is 7.45. The maximum absolute atomic E-state index is 11.7. The zero-order chi connectivity index (χ0) is 18.9. The van der Waals surface area contributed by atoms with Crippen molar-refractivity contribution in [3.8, 4) is 0 Å². The number of benzene rings is 1.